The van der Waals surface area contributed by atoms with Crippen LogP contribution in [0.3, 0.4) is 0 Å². The summed E-state index contributed by atoms with van der Waals surface area (Å²) in [4.78, 5) is 24.5. The zero-order chi connectivity index (χ0) is 24.5. The molecule has 0 spiro atoms. The Hall–Kier alpha value is -3.18. The Morgan fingerprint density at radius 2 is 1.79 bits per heavy atom. The standard InChI is InChI=1S/C23H25N5O4S2/c1-14(21(30)16-9-11-18(12-10-16)27-34(3,31)32)33-23-26-25-22(17-7-8-17)28(23)20-6-4-5-19(13-20)24-15(2)29/h4-6,9-14,17,27H,7-8H2,1-3H3,(H,24,29). The molecule has 1 saturated carbocycles. The number of Topliss-reactive ketones (excluding diaryl/α,β-unsaturated/α-hetero) is 1. The summed E-state index contributed by atoms with van der Waals surface area (Å²) in [5.74, 6) is 0.908. The maximum atomic E-state index is 13.1. The van der Waals surface area contributed by atoms with Gasteiger partial charge in [0.05, 0.1) is 17.2 Å². The summed E-state index contributed by atoms with van der Waals surface area (Å²) >= 11 is 1.31. The number of carbonyl (C=O) groups excluding carboxylic acids is 2. The zero-order valence-corrected chi connectivity index (χ0v) is 20.6. The maximum Gasteiger partial charge on any atom is 0.229 e. The Balaban J connectivity index is 1.57. The lowest BCUT2D eigenvalue weighted by atomic mass is 10.1. The highest BCUT2D eigenvalue weighted by Gasteiger charge is 2.32. The van der Waals surface area contributed by atoms with Gasteiger partial charge in [0.25, 0.3) is 0 Å². The van der Waals surface area contributed by atoms with Gasteiger partial charge in [-0.3, -0.25) is 18.9 Å². The van der Waals surface area contributed by atoms with Crippen LogP contribution in [-0.4, -0.2) is 46.4 Å². The van der Waals surface area contributed by atoms with Crippen LogP contribution in [0.25, 0.3) is 5.69 Å². The average molecular weight is 500 g/mol. The van der Waals surface area contributed by atoms with Crippen LogP contribution in [0.4, 0.5) is 11.4 Å². The van der Waals surface area contributed by atoms with Crippen molar-refractivity contribution in [1.82, 2.24) is 14.8 Å². The quantitative estimate of drug-likeness (QED) is 0.339. The normalized spacial score (nSPS) is 14.4. The largest absolute Gasteiger partial charge is 0.326 e. The molecule has 1 unspecified atom stereocenters. The van der Waals surface area contributed by atoms with Gasteiger partial charge in [-0.1, -0.05) is 17.8 Å². The van der Waals surface area contributed by atoms with Crippen LogP contribution in [0.15, 0.2) is 53.7 Å². The van der Waals surface area contributed by atoms with Gasteiger partial charge in [0.2, 0.25) is 15.9 Å². The monoisotopic (exact) mass is 499 g/mol. The lowest BCUT2D eigenvalue weighted by molar-refractivity contribution is -0.114. The third-order valence-electron chi connectivity index (χ3n) is 5.15. The molecule has 0 radical (unpaired) electrons. The SMILES string of the molecule is CC(=O)Nc1cccc(-n2c(SC(C)C(=O)c3ccc(NS(C)(=O)=O)cc3)nnc2C2CC2)c1. The molecule has 34 heavy (non-hydrogen) atoms. The second-order valence-electron chi connectivity index (χ2n) is 8.26. The van der Waals surface area contributed by atoms with E-state index in [1.54, 1.807) is 31.2 Å². The summed E-state index contributed by atoms with van der Waals surface area (Å²) in [5, 5.41) is 11.7. The van der Waals surface area contributed by atoms with E-state index in [1.165, 1.54) is 18.7 Å². The molecule has 0 bridgehead atoms. The van der Waals surface area contributed by atoms with Gasteiger partial charge < -0.3 is 5.32 Å². The second kappa shape index (κ2) is 9.59. The molecule has 1 aromatic heterocycles. The minimum absolute atomic E-state index is 0.106. The number of rotatable bonds is 9. The molecular formula is C23H25N5O4S2. The van der Waals surface area contributed by atoms with E-state index >= 15 is 0 Å². The van der Waals surface area contributed by atoms with Crippen LogP contribution in [0, 0.1) is 0 Å². The molecule has 3 aromatic rings. The number of ketones is 1. The van der Waals surface area contributed by atoms with Crippen molar-refractivity contribution in [2.24, 2.45) is 0 Å². The molecule has 2 N–H and O–H groups in total. The van der Waals surface area contributed by atoms with E-state index < -0.39 is 15.3 Å². The van der Waals surface area contributed by atoms with Crippen LogP contribution in [-0.2, 0) is 14.8 Å². The molecule has 2 aromatic carbocycles. The Kier molecular flexibility index (Phi) is 6.76. The molecule has 178 valence electrons. The molecule has 0 saturated heterocycles. The van der Waals surface area contributed by atoms with Crippen molar-refractivity contribution in [2.45, 2.75) is 43.0 Å². The lowest BCUT2D eigenvalue weighted by Gasteiger charge is -2.14. The fourth-order valence-corrected chi connectivity index (χ4v) is 5.01. The Morgan fingerprint density at radius 1 is 1.09 bits per heavy atom. The molecular weight excluding hydrogens is 474 g/mol. The summed E-state index contributed by atoms with van der Waals surface area (Å²) < 4.78 is 27.1. The van der Waals surface area contributed by atoms with Crippen molar-refractivity contribution < 1.29 is 18.0 Å². The van der Waals surface area contributed by atoms with Crippen LogP contribution >= 0.6 is 11.8 Å². The second-order valence-corrected chi connectivity index (χ2v) is 11.3. The highest BCUT2D eigenvalue weighted by molar-refractivity contribution is 8.00. The van der Waals surface area contributed by atoms with Gasteiger partial charge in [-0.15, -0.1) is 10.2 Å². The highest BCUT2D eigenvalue weighted by atomic mass is 32.2. The van der Waals surface area contributed by atoms with Gasteiger partial charge in [-0.05, 0) is 62.2 Å². The van der Waals surface area contributed by atoms with Crippen LogP contribution in [0.1, 0.15) is 48.8 Å². The Morgan fingerprint density at radius 3 is 2.41 bits per heavy atom. The Labute approximate surface area is 202 Å². The van der Waals surface area contributed by atoms with Gasteiger partial charge in [0.1, 0.15) is 5.82 Å². The number of aromatic nitrogens is 3. The van der Waals surface area contributed by atoms with E-state index in [1.807, 2.05) is 28.8 Å². The molecule has 1 amide bonds. The first-order valence-corrected chi connectivity index (χ1v) is 13.5. The average Bonchev–Trinajstić information content (AvgIpc) is 3.52. The fraction of sp³-hybridized carbons (Fsp3) is 0.304. The van der Waals surface area contributed by atoms with E-state index in [9.17, 15) is 18.0 Å². The number of carbonyl (C=O) groups is 2. The number of anilines is 2. The van der Waals surface area contributed by atoms with E-state index in [0.717, 1.165) is 30.6 Å². The topological polar surface area (TPSA) is 123 Å². The number of nitrogens with zero attached hydrogens (tertiary/aromatic N) is 3. The summed E-state index contributed by atoms with van der Waals surface area (Å²) in [5.41, 5.74) is 2.35. The Bertz CT molecular complexity index is 1330. The number of hydrogen-bond acceptors (Lipinski definition) is 7. The lowest BCUT2D eigenvalue weighted by Crippen LogP contribution is -2.15. The number of nitrogens with one attached hydrogen (secondary N) is 2. The van der Waals surface area contributed by atoms with Crippen molar-refractivity contribution >= 4 is 44.9 Å². The molecule has 0 aliphatic heterocycles. The molecule has 1 fully saturated rings. The third-order valence-corrected chi connectivity index (χ3v) is 6.80. The first-order chi connectivity index (χ1) is 16.1. The first-order valence-electron chi connectivity index (χ1n) is 10.7. The third kappa shape index (κ3) is 5.84. The molecule has 4 rings (SSSR count). The van der Waals surface area contributed by atoms with Crippen LogP contribution in [0.2, 0.25) is 0 Å². The summed E-state index contributed by atoms with van der Waals surface area (Å²) in [7, 11) is -3.39. The van der Waals surface area contributed by atoms with Crippen LogP contribution in [0.5, 0.6) is 0 Å². The highest BCUT2D eigenvalue weighted by Crippen LogP contribution is 2.41. The van der Waals surface area contributed by atoms with Gasteiger partial charge in [0, 0.05) is 29.8 Å². The molecule has 9 nitrogen and oxygen atoms in total. The van der Waals surface area contributed by atoms with E-state index in [2.05, 4.69) is 20.2 Å². The van der Waals surface area contributed by atoms with Crippen molar-refractivity contribution in [1.29, 1.82) is 0 Å². The minimum Gasteiger partial charge on any atom is -0.326 e. The van der Waals surface area contributed by atoms with E-state index in [-0.39, 0.29) is 11.7 Å². The summed E-state index contributed by atoms with van der Waals surface area (Å²) in [6.45, 7) is 3.26. The van der Waals surface area contributed by atoms with Crippen molar-refractivity contribution in [2.75, 3.05) is 16.3 Å². The number of amides is 1. The number of thioether (sulfide) groups is 1. The molecule has 1 atom stereocenters. The summed E-state index contributed by atoms with van der Waals surface area (Å²) in [6.07, 6.45) is 3.15. The van der Waals surface area contributed by atoms with Crippen molar-refractivity contribution in [3.05, 3.63) is 59.9 Å². The van der Waals surface area contributed by atoms with Crippen molar-refractivity contribution in [3.8, 4) is 5.69 Å². The predicted molar refractivity (Wildman–Crippen MR) is 132 cm³/mol. The smallest absolute Gasteiger partial charge is 0.229 e. The van der Waals surface area contributed by atoms with E-state index in [4.69, 9.17) is 0 Å². The number of sulfonamides is 1. The van der Waals surface area contributed by atoms with E-state index in [0.29, 0.717) is 28.0 Å². The van der Waals surface area contributed by atoms with Gasteiger partial charge in [0.15, 0.2) is 10.9 Å². The van der Waals surface area contributed by atoms with Crippen LogP contribution < -0.4 is 10.0 Å². The zero-order valence-electron chi connectivity index (χ0n) is 19.0. The van der Waals surface area contributed by atoms with Crippen molar-refractivity contribution in [3.63, 3.8) is 0 Å². The minimum atomic E-state index is -3.39. The first kappa shape index (κ1) is 24.0. The number of hydrogen-bond donors (Lipinski definition) is 2. The fourth-order valence-electron chi connectivity index (χ4n) is 3.50. The molecule has 1 aliphatic rings. The molecule has 1 aliphatic carbocycles. The van der Waals surface area contributed by atoms with Gasteiger partial charge in [-0.2, -0.15) is 0 Å². The predicted octanol–water partition coefficient (Wildman–Crippen LogP) is 3.84. The maximum absolute atomic E-state index is 13.1. The van der Waals surface area contributed by atoms with Gasteiger partial charge >= 0.3 is 0 Å². The number of benzene rings is 2. The molecule has 1 heterocycles. The molecule has 11 heteroatoms. The van der Waals surface area contributed by atoms with Gasteiger partial charge in [-0.25, -0.2) is 8.42 Å². The summed E-state index contributed by atoms with van der Waals surface area (Å²) in [6, 6.07) is 13.8.